The molecule has 0 aromatic carbocycles. The fourth-order valence-corrected chi connectivity index (χ4v) is 1.70. The number of hydrogen-bond donors (Lipinski definition) is 0. The van der Waals surface area contributed by atoms with Crippen LogP contribution in [0.3, 0.4) is 0 Å². The van der Waals surface area contributed by atoms with Crippen molar-refractivity contribution in [3.63, 3.8) is 0 Å². The van der Waals surface area contributed by atoms with Crippen LogP contribution in [-0.2, 0) is 0 Å². The Morgan fingerprint density at radius 3 is 2.68 bits per heavy atom. The molecule has 0 spiro atoms. The zero-order valence-electron chi connectivity index (χ0n) is 9.82. The van der Waals surface area contributed by atoms with E-state index in [2.05, 4.69) is 21.0 Å². The second-order valence-electron chi connectivity index (χ2n) is 3.78. The average Bonchev–Trinajstić information content (AvgIpc) is 3.01. The lowest BCUT2D eigenvalue weighted by Crippen LogP contribution is -1.95. The van der Waals surface area contributed by atoms with Crippen LogP contribution in [-0.4, -0.2) is 15.0 Å². The molecular weight excluding hydrogens is 240 g/mol. The minimum Gasteiger partial charge on any atom is -0.463 e. The molecule has 19 heavy (non-hydrogen) atoms. The summed E-state index contributed by atoms with van der Waals surface area (Å²) >= 11 is 0. The zero-order valence-corrected chi connectivity index (χ0v) is 9.82. The van der Waals surface area contributed by atoms with Crippen LogP contribution >= 0.6 is 0 Å². The van der Waals surface area contributed by atoms with Crippen LogP contribution in [0.1, 0.15) is 5.56 Å². The van der Waals surface area contributed by atoms with E-state index in [4.69, 9.17) is 9.68 Å². The molecule has 0 aliphatic carbocycles. The van der Waals surface area contributed by atoms with E-state index in [0.717, 1.165) is 5.56 Å². The van der Waals surface area contributed by atoms with Crippen molar-refractivity contribution in [2.45, 2.75) is 0 Å². The highest BCUT2D eigenvalue weighted by Crippen LogP contribution is 2.24. The maximum absolute atomic E-state index is 9.10. The van der Waals surface area contributed by atoms with Gasteiger partial charge in [-0.1, -0.05) is 0 Å². The van der Waals surface area contributed by atoms with Crippen LogP contribution < -0.4 is 0 Å². The molecule has 0 saturated heterocycles. The molecule has 0 amide bonds. The molecule has 0 N–H and O–H groups in total. The van der Waals surface area contributed by atoms with Crippen LogP contribution in [0.4, 0.5) is 0 Å². The number of nitrogens with zero attached hydrogens (tertiary/aromatic N) is 4. The molecule has 3 aromatic rings. The summed E-state index contributed by atoms with van der Waals surface area (Å²) in [6, 6.07) is 9.21. The number of aromatic nitrogens is 3. The first-order valence-corrected chi connectivity index (χ1v) is 5.60. The largest absolute Gasteiger partial charge is 0.463 e. The summed E-state index contributed by atoms with van der Waals surface area (Å²) in [4.78, 5) is 12.5. The highest BCUT2D eigenvalue weighted by Gasteiger charge is 2.12. The van der Waals surface area contributed by atoms with E-state index in [1.54, 1.807) is 30.8 Å². The van der Waals surface area contributed by atoms with E-state index < -0.39 is 0 Å². The first kappa shape index (κ1) is 11.1. The fraction of sp³-hybridized carbons (Fsp3) is 0. The third-order valence-corrected chi connectivity index (χ3v) is 2.60. The highest BCUT2D eigenvalue weighted by atomic mass is 16.3. The van der Waals surface area contributed by atoms with E-state index in [0.29, 0.717) is 22.8 Å². The summed E-state index contributed by atoms with van der Waals surface area (Å²) in [5.74, 6) is 1.09. The van der Waals surface area contributed by atoms with Gasteiger partial charge in [0.2, 0.25) is 0 Å². The van der Waals surface area contributed by atoms with Gasteiger partial charge in [-0.2, -0.15) is 5.26 Å². The molecule has 90 valence electrons. The average molecular weight is 248 g/mol. The summed E-state index contributed by atoms with van der Waals surface area (Å²) in [6.07, 6.45) is 6.39. The van der Waals surface area contributed by atoms with Gasteiger partial charge in [-0.15, -0.1) is 0 Å². The van der Waals surface area contributed by atoms with Gasteiger partial charge in [0.15, 0.2) is 11.6 Å². The highest BCUT2D eigenvalue weighted by molar-refractivity contribution is 5.65. The summed E-state index contributed by atoms with van der Waals surface area (Å²) in [7, 11) is 0. The van der Waals surface area contributed by atoms with Crippen LogP contribution in [0.5, 0.6) is 0 Å². The molecule has 3 heterocycles. The topological polar surface area (TPSA) is 75.6 Å². The van der Waals surface area contributed by atoms with Crippen LogP contribution in [0, 0.1) is 11.3 Å². The summed E-state index contributed by atoms with van der Waals surface area (Å²) in [5.41, 5.74) is 1.72. The molecule has 0 unspecified atom stereocenters. The Hall–Kier alpha value is -3.00. The Kier molecular flexibility index (Phi) is 2.75. The van der Waals surface area contributed by atoms with Gasteiger partial charge in [-0.05, 0) is 24.3 Å². The number of nitriles is 1. The van der Waals surface area contributed by atoms with Crippen molar-refractivity contribution in [3.8, 4) is 28.9 Å². The van der Waals surface area contributed by atoms with Gasteiger partial charge in [-0.25, -0.2) is 9.97 Å². The molecule has 0 aliphatic heterocycles. The van der Waals surface area contributed by atoms with Gasteiger partial charge in [-0.3, -0.25) is 4.98 Å². The van der Waals surface area contributed by atoms with E-state index in [9.17, 15) is 0 Å². The normalized spacial score (nSPS) is 10.1. The first-order valence-electron chi connectivity index (χ1n) is 5.60. The first-order chi connectivity index (χ1) is 9.38. The Labute approximate surface area is 109 Å². The Morgan fingerprint density at radius 1 is 1.16 bits per heavy atom. The lowest BCUT2D eigenvalue weighted by molar-refractivity contribution is 0.579. The van der Waals surface area contributed by atoms with Crippen molar-refractivity contribution in [1.29, 1.82) is 5.26 Å². The molecule has 0 fully saturated rings. The van der Waals surface area contributed by atoms with Crippen molar-refractivity contribution < 1.29 is 4.42 Å². The predicted molar refractivity (Wildman–Crippen MR) is 67.7 cm³/mol. The van der Waals surface area contributed by atoms with E-state index in [1.807, 2.05) is 12.1 Å². The SMILES string of the molecule is N#Cc1cnc(-c2ccncc2)nc1-c1ccco1. The van der Waals surface area contributed by atoms with Crippen molar-refractivity contribution in [2.75, 3.05) is 0 Å². The van der Waals surface area contributed by atoms with Crippen molar-refractivity contribution >= 4 is 0 Å². The molecule has 3 aromatic heterocycles. The number of hydrogen-bond acceptors (Lipinski definition) is 5. The van der Waals surface area contributed by atoms with Gasteiger partial charge < -0.3 is 4.42 Å². The molecule has 0 bridgehead atoms. The van der Waals surface area contributed by atoms with Gasteiger partial charge in [0.05, 0.1) is 11.8 Å². The third-order valence-electron chi connectivity index (χ3n) is 2.60. The van der Waals surface area contributed by atoms with Crippen molar-refractivity contribution in [1.82, 2.24) is 15.0 Å². The zero-order chi connectivity index (χ0) is 13.1. The summed E-state index contributed by atoms with van der Waals surface area (Å²) in [5, 5.41) is 9.10. The van der Waals surface area contributed by atoms with Crippen molar-refractivity contribution in [2.24, 2.45) is 0 Å². The molecule has 0 radical (unpaired) electrons. The van der Waals surface area contributed by atoms with Gasteiger partial charge in [0.1, 0.15) is 11.8 Å². The maximum atomic E-state index is 9.10. The van der Waals surface area contributed by atoms with Crippen LogP contribution in [0.2, 0.25) is 0 Å². The lowest BCUT2D eigenvalue weighted by atomic mass is 10.2. The number of pyridine rings is 1. The lowest BCUT2D eigenvalue weighted by Gasteiger charge is -2.03. The predicted octanol–water partition coefficient (Wildman–Crippen LogP) is 2.67. The molecule has 5 nitrogen and oxygen atoms in total. The molecule has 0 saturated carbocycles. The molecular formula is C14H8N4O. The smallest absolute Gasteiger partial charge is 0.160 e. The van der Waals surface area contributed by atoms with E-state index in [-0.39, 0.29) is 0 Å². The maximum Gasteiger partial charge on any atom is 0.160 e. The van der Waals surface area contributed by atoms with Crippen LogP contribution in [0.25, 0.3) is 22.8 Å². The third kappa shape index (κ3) is 2.07. The van der Waals surface area contributed by atoms with Crippen LogP contribution in [0.15, 0.2) is 53.5 Å². The molecule has 0 atom stereocenters. The van der Waals surface area contributed by atoms with Gasteiger partial charge in [0, 0.05) is 24.2 Å². The van der Waals surface area contributed by atoms with Gasteiger partial charge >= 0.3 is 0 Å². The van der Waals surface area contributed by atoms with E-state index >= 15 is 0 Å². The summed E-state index contributed by atoms with van der Waals surface area (Å²) < 4.78 is 5.30. The minimum atomic E-state index is 0.382. The Morgan fingerprint density at radius 2 is 2.00 bits per heavy atom. The molecule has 5 heteroatoms. The number of furan rings is 1. The van der Waals surface area contributed by atoms with Crippen molar-refractivity contribution in [3.05, 3.63) is 54.7 Å². The number of rotatable bonds is 2. The monoisotopic (exact) mass is 248 g/mol. The summed E-state index contributed by atoms with van der Waals surface area (Å²) in [6.45, 7) is 0. The second-order valence-corrected chi connectivity index (χ2v) is 3.78. The van der Waals surface area contributed by atoms with Gasteiger partial charge in [0.25, 0.3) is 0 Å². The Balaban J connectivity index is 2.16. The Bertz CT molecular complexity index is 730. The molecule has 0 aliphatic rings. The second kappa shape index (κ2) is 4.70. The fourth-order valence-electron chi connectivity index (χ4n) is 1.70. The standard InChI is InChI=1S/C14H8N4O/c15-8-11-9-17-14(10-3-5-16-6-4-10)18-13(11)12-2-1-7-19-12/h1-7,9H. The quantitative estimate of drug-likeness (QED) is 0.696. The minimum absolute atomic E-state index is 0.382. The molecule has 3 rings (SSSR count). The van der Waals surface area contributed by atoms with E-state index in [1.165, 1.54) is 6.20 Å².